The number of halogens is 2. The van der Waals surface area contributed by atoms with Crippen LogP contribution >= 0.6 is 0 Å². The largest absolute Gasteiger partial charge is 0.386 e. The van der Waals surface area contributed by atoms with Crippen molar-refractivity contribution in [3.8, 4) is 0 Å². The number of hydrogen-bond donors (Lipinski definition) is 1. The molecule has 1 aliphatic rings. The Balaban J connectivity index is 2.23. The minimum atomic E-state index is -3.87. The molecule has 138 valence electrons. The molecule has 2 N–H and O–H groups in total. The highest BCUT2D eigenvalue weighted by atomic mass is 32.2. The number of benzene rings is 2. The molecule has 0 fully saturated rings. The van der Waals surface area contributed by atoms with Crippen molar-refractivity contribution in [2.75, 3.05) is 5.75 Å². The lowest BCUT2D eigenvalue weighted by molar-refractivity contribution is 0.468. The molecule has 26 heavy (non-hydrogen) atoms. The molecule has 7 heteroatoms. The average molecular weight is 378 g/mol. The van der Waals surface area contributed by atoms with Crippen LogP contribution in [0.2, 0.25) is 0 Å². The van der Waals surface area contributed by atoms with Crippen molar-refractivity contribution in [2.24, 2.45) is 10.7 Å². The summed E-state index contributed by atoms with van der Waals surface area (Å²) in [4.78, 5) is 4.35. The fourth-order valence-electron chi connectivity index (χ4n) is 3.40. The van der Waals surface area contributed by atoms with Crippen molar-refractivity contribution in [1.29, 1.82) is 0 Å². The number of sulfone groups is 1. The van der Waals surface area contributed by atoms with Crippen molar-refractivity contribution in [3.05, 3.63) is 70.8 Å². The van der Waals surface area contributed by atoms with E-state index in [1.165, 1.54) is 13.8 Å². The third kappa shape index (κ3) is 2.70. The van der Waals surface area contributed by atoms with E-state index in [2.05, 4.69) is 4.99 Å². The molecule has 0 saturated carbocycles. The molecular weight excluding hydrogens is 358 g/mol. The van der Waals surface area contributed by atoms with E-state index in [0.717, 1.165) is 23.8 Å². The summed E-state index contributed by atoms with van der Waals surface area (Å²) in [7, 11) is -3.87. The predicted molar refractivity (Wildman–Crippen MR) is 97.7 cm³/mol. The van der Waals surface area contributed by atoms with Crippen LogP contribution in [0.25, 0.3) is 0 Å². The van der Waals surface area contributed by atoms with E-state index in [9.17, 15) is 17.2 Å². The lowest BCUT2D eigenvalue weighted by Crippen LogP contribution is -2.54. The van der Waals surface area contributed by atoms with Crippen LogP contribution in [-0.4, -0.2) is 20.0 Å². The number of aliphatic imine (C=N–C) groups is 1. The van der Waals surface area contributed by atoms with Crippen LogP contribution in [0.3, 0.4) is 0 Å². The summed E-state index contributed by atoms with van der Waals surface area (Å²) in [6.07, 6.45) is 0. The fraction of sp³-hybridized carbons (Fsp3) is 0.316. The van der Waals surface area contributed by atoms with Gasteiger partial charge in [-0.25, -0.2) is 17.2 Å². The number of nitrogens with two attached hydrogens (primary N) is 1. The van der Waals surface area contributed by atoms with Gasteiger partial charge in [-0.1, -0.05) is 29.8 Å². The maximum absolute atomic E-state index is 14.3. The number of amidine groups is 1. The highest BCUT2D eigenvalue weighted by Gasteiger charge is 2.53. The first kappa shape index (κ1) is 18.5. The van der Waals surface area contributed by atoms with Crippen LogP contribution < -0.4 is 5.73 Å². The van der Waals surface area contributed by atoms with Gasteiger partial charge in [-0.3, -0.25) is 4.99 Å². The van der Waals surface area contributed by atoms with Gasteiger partial charge in [0, 0.05) is 5.56 Å². The lowest BCUT2D eigenvalue weighted by atomic mass is 9.91. The molecule has 1 heterocycles. The molecule has 1 aliphatic heterocycles. The summed E-state index contributed by atoms with van der Waals surface area (Å²) in [5.74, 6) is -2.01. The summed E-state index contributed by atoms with van der Waals surface area (Å²) in [5.41, 5.74) is 5.88. The van der Waals surface area contributed by atoms with E-state index < -0.39 is 37.5 Å². The maximum Gasteiger partial charge on any atom is 0.169 e. The Kier molecular flexibility index (Phi) is 4.18. The van der Waals surface area contributed by atoms with E-state index in [4.69, 9.17) is 5.73 Å². The second kappa shape index (κ2) is 5.87. The van der Waals surface area contributed by atoms with E-state index >= 15 is 0 Å². The van der Waals surface area contributed by atoms with Gasteiger partial charge in [0.1, 0.15) is 23.0 Å². The zero-order valence-electron chi connectivity index (χ0n) is 14.8. The minimum Gasteiger partial charge on any atom is -0.386 e. The number of aryl methyl sites for hydroxylation is 1. The molecule has 0 unspecified atom stereocenters. The van der Waals surface area contributed by atoms with Crippen LogP contribution in [-0.2, 0) is 20.1 Å². The molecule has 2 aromatic rings. The lowest BCUT2D eigenvalue weighted by Gasteiger charge is -2.40. The van der Waals surface area contributed by atoms with Gasteiger partial charge >= 0.3 is 0 Å². The molecule has 0 saturated heterocycles. The molecule has 0 spiro atoms. The van der Waals surface area contributed by atoms with Crippen molar-refractivity contribution >= 4 is 15.7 Å². The summed E-state index contributed by atoms with van der Waals surface area (Å²) < 4.78 is 52.8. The Morgan fingerprint density at radius 2 is 1.81 bits per heavy atom. The first-order chi connectivity index (χ1) is 12.0. The Labute approximate surface area is 151 Å². The van der Waals surface area contributed by atoms with Gasteiger partial charge in [0.2, 0.25) is 0 Å². The maximum atomic E-state index is 14.3. The Morgan fingerprint density at radius 1 is 1.12 bits per heavy atom. The fourth-order valence-corrected chi connectivity index (χ4v) is 5.50. The van der Waals surface area contributed by atoms with Gasteiger partial charge in [-0.15, -0.1) is 0 Å². The van der Waals surface area contributed by atoms with E-state index in [1.807, 2.05) is 13.0 Å². The highest BCUT2D eigenvalue weighted by molar-refractivity contribution is 7.93. The van der Waals surface area contributed by atoms with E-state index in [0.29, 0.717) is 5.56 Å². The topological polar surface area (TPSA) is 72.5 Å². The van der Waals surface area contributed by atoms with E-state index in [-0.39, 0.29) is 11.4 Å². The van der Waals surface area contributed by atoms with Gasteiger partial charge in [0.05, 0.1) is 5.75 Å². The van der Waals surface area contributed by atoms with Crippen LogP contribution in [0, 0.1) is 18.6 Å². The first-order valence-electron chi connectivity index (χ1n) is 8.10. The number of rotatable bonds is 2. The summed E-state index contributed by atoms with van der Waals surface area (Å²) in [6, 6.07) is 9.92. The van der Waals surface area contributed by atoms with Gasteiger partial charge in [-0.05, 0) is 44.5 Å². The average Bonchev–Trinajstić information content (AvgIpc) is 2.54. The molecule has 0 aliphatic carbocycles. The third-order valence-electron chi connectivity index (χ3n) is 5.03. The highest BCUT2D eigenvalue weighted by Crippen LogP contribution is 2.42. The van der Waals surface area contributed by atoms with Gasteiger partial charge in [0.25, 0.3) is 0 Å². The summed E-state index contributed by atoms with van der Waals surface area (Å²) in [5, 5.41) is 0. The van der Waals surface area contributed by atoms with E-state index in [1.54, 1.807) is 18.2 Å². The van der Waals surface area contributed by atoms with Crippen molar-refractivity contribution in [2.45, 2.75) is 31.1 Å². The molecule has 2 atom stereocenters. The third-order valence-corrected chi connectivity index (χ3v) is 7.66. The number of nitrogens with zero attached hydrogens (tertiary/aromatic N) is 1. The quantitative estimate of drug-likeness (QED) is 0.872. The van der Waals surface area contributed by atoms with Gasteiger partial charge in [-0.2, -0.15) is 0 Å². The Hall–Kier alpha value is -2.28. The van der Waals surface area contributed by atoms with Crippen molar-refractivity contribution < 1.29 is 17.2 Å². The Morgan fingerprint density at radius 3 is 2.42 bits per heavy atom. The van der Waals surface area contributed by atoms with Crippen LogP contribution in [0.5, 0.6) is 0 Å². The number of hydrogen-bond acceptors (Lipinski definition) is 4. The zero-order chi connectivity index (χ0) is 19.3. The SMILES string of the molecule is Cc1cccc([C@]2(C)C(N)=N[C@](C)(c3cc(F)ccc3F)CS2(=O)=O)c1. The standard InChI is InChI=1S/C19H20F2N2O2S/c1-12-5-4-6-13(9-12)19(3)17(22)23-18(2,11-26(19,24)25)15-10-14(20)7-8-16(15)21/h4-10H,11H2,1-3H3,(H2,22,23)/t18-,19+/m0/s1. The minimum absolute atomic E-state index is 0.129. The molecule has 0 amide bonds. The predicted octanol–water partition coefficient (Wildman–Crippen LogP) is 3.19. The molecule has 0 aromatic heterocycles. The molecule has 0 radical (unpaired) electrons. The van der Waals surface area contributed by atoms with Crippen molar-refractivity contribution in [1.82, 2.24) is 0 Å². The Bertz CT molecular complexity index is 1020. The van der Waals surface area contributed by atoms with Crippen LogP contribution in [0.15, 0.2) is 47.5 Å². The smallest absolute Gasteiger partial charge is 0.169 e. The summed E-state index contributed by atoms with van der Waals surface area (Å²) >= 11 is 0. The molecule has 2 aromatic carbocycles. The van der Waals surface area contributed by atoms with Crippen LogP contribution in [0.4, 0.5) is 8.78 Å². The summed E-state index contributed by atoms with van der Waals surface area (Å²) in [6.45, 7) is 4.80. The van der Waals surface area contributed by atoms with Crippen LogP contribution in [0.1, 0.15) is 30.5 Å². The van der Waals surface area contributed by atoms with Gasteiger partial charge in [0.15, 0.2) is 14.6 Å². The normalized spacial score (nSPS) is 27.8. The molecular formula is C19H20F2N2O2S. The second-order valence-electron chi connectivity index (χ2n) is 7.06. The molecule has 4 nitrogen and oxygen atoms in total. The zero-order valence-corrected chi connectivity index (χ0v) is 15.6. The second-order valence-corrected chi connectivity index (χ2v) is 9.39. The first-order valence-corrected chi connectivity index (χ1v) is 9.76. The monoisotopic (exact) mass is 378 g/mol. The molecule has 3 rings (SSSR count). The molecule has 0 bridgehead atoms. The van der Waals surface area contributed by atoms with Gasteiger partial charge < -0.3 is 5.73 Å². The van der Waals surface area contributed by atoms with Crippen molar-refractivity contribution in [3.63, 3.8) is 0 Å².